The molecule has 1 atom stereocenters. The zero-order valence-electron chi connectivity index (χ0n) is 13.9. The molecule has 0 saturated heterocycles. The minimum atomic E-state index is -3.55. The molecule has 1 heterocycles. The number of thiazole rings is 1. The maximum absolute atomic E-state index is 12.9. The van der Waals surface area contributed by atoms with Crippen molar-refractivity contribution < 1.29 is 8.42 Å². The largest absolute Gasteiger partial charge is 0.243 e. The van der Waals surface area contributed by atoms with Gasteiger partial charge in [0, 0.05) is 7.05 Å². The van der Waals surface area contributed by atoms with Crippen LogP contribution in [0.4, 0.5) is 0 Å². The van der Waals surface area contributed by atoms with E-state index in [9.17, 15) is 8.42 Å². The van der Waals surface area contributed by atoms with Crippen LogP contribution < -0.4 is 0 Å². The predicted molar refractivity (Wildman–Crippen MR) is 98.8 cm³/mol. The van der Waals surface area contributed by atoms with E-state index < -0.39 is 10.0 Å². The van der Waals surface area contributed by atoms with Crippen LogP contribution in [0.1, 0.15) is 30.5 Å². The highest BCUT2D eigenvalue weighted by Crippen LogP contribution is 2.31. The number of hydrogen-bond donors (Lipinski definition) is 0. The molecular weight excluding hydrogens is 340 g/mol. The Morgan fingerprint density at radius 2 is 1.79 bits per heavy atom. The number of rotatable bonds is 5. The second-order valence-electron chi connectivity index (χ2n) is 5.71. The summed E-state index contributed by atoms with van der Waals surface area (Å²) in [6, 6.07) is 14.6. The summed E-state index contributed by atoms with van der Waals surface area (Å²) in [6.45, 7) is 3.92. The van der Waals surface area contributed by atoms with E-state index in [0.29, 0.717) is 4.90 Å². The van der Waals surface area contributed by atoms with Gasteiger partial charge >= 0.3 is 0 Å². The number of nitrogens with zero attached hydrogens (tertiary/aromatic N) is 2. The summed E-state index contributed by atoms with van der Waals surface area (Å²) in [6.07, 6.45) is 0.887. The molecule has 0 radical (unpaired) electrons. The fourth-order valence-electron chi connectivity index (χ4n) is 2.50. The third-order valence-corrected chi connectivity index (χ3v) is 7.37. The SMILES string of the molecule is CCc1ccc(S(=O)(=O)N(C)C(C)c2nc3ccccc3s2)cc1. The van der Waals surface area contributed by atoms with Crippen molar-refractivity contribution in [3.8, 4) is 0 Å². The standard InChI is InChI=1S/C18H20N2O2S2/c1-4-14-9-11-15(12-10-14)24(21,22)20(3)13(2)18-19-16-7-5-6-8-17(16)23-18/h5-13H,4H2,1-3H3. The molecule has 2 aromatic carbocycles. The van der Waals surface area contributed by atoms with E-state index in [2.05, 4.69) is 4.98 Å². The number of fused-ring (bicyclic) bond motifs is 1. The van der Waals surface area contributed by atoms with E-state index in [0.717, 1.165) is 27.2 Å². The number of hydrogen-bond acceptors (Lipinski definition) is 4. The van der Waals surface area contributed by atoms with Crippen molar-refractivity contribution >= 4 is 31.6 Å². The summed E-state index contributed by atoms with van der Waals surface area (Å²) in [5.74, 6) is 0. The average molecular weight is 361 g/mol. The Morgan fingerprint density at radius 1 is 1.12 bits per heavy atom. The molecule has 1 unspecified atom stereocenters. The first-order chi connectivity index (χ1) is 11.4. The Kier molecular flexibility index (Phi) is 4.71. The molecule has 0 aliphatic heterocycles. The molecule has 0 aliphatic carbocycles. The summed E-state index contributed by atoms with van der Waals surface area (Å²) >= 11 is 1.53. The van der Waals surface area contributed by atoms with Gasteiger partial charge in [0.15, 0.2) is 0 Å². The lowest BCUT2D eigenvalue weighted by molar-refractivity contribution is 0.398. The Labute approximate surface area is 146 Å². The highest BCUT2D eigenvalue weighted by molar-refractivity contribution is 7.89. The van der Waals surface area contributed by atoms with Crippen LogP contribution in [0, 0.1) is 0 Å². The first kappa shape index (κ1) is 17.1. The Balaban J connectivity index is 1.91. The van der Waals surface area contributed by atoms with Crippen molar-refractivity contribution in [1.29, 1.82) is 0 Å². The van der Waals surface area contributed by atoms with Gasteiger partial charge in [-0.3, -0.25) is 0 Å². The van der Waals surface area contributed by atoms with Crippen LogP contribution in [0.5, 0.6) is 0 Å². The Morgan fingerprint density at radius 3 is 2.42 bits per heavy atom. The maximum atomic E-state index is 12.9. The van der Waals surface area contributed by atoms with E-state index >= 15 is 0 Å². The Bertz CT molecular complexity index is 914. The van der Waals surface area contributed by atoms with Crippen molar-refractivity contribution in [2.45, 2.75) is 31.2 Å². The molecule has 0 fully saturated rings. The molecule has 0 amide bonds. The monoisotopic (exact) mass is 360 g/mol. The van der Waals surface area contributed by atoms with Crippen LogP contribution in [0.25, 0.3) is 10.2 Å². The minimum Gasteiger partial charge on any atom is -0.239 e. The Hall–Kier alpha value is -1.76. The molecule has 4 nitrogen and oxygen atoms in total. The summed E-state index contributed by atoms with van der Waals surface area (Å²) in [5, 5.41) is 0.799. The van der Waals surface area contributed by atoms with Gasteiger partial charge in [-0.25, -0.2) is 13.4 Å². The molecule has 24 heavy (non-hydrogen) atoms. The molecule has 0 N–H and O–H groups in total. The highest BCUT2D eigenvalue weighted by atomic mass is 32.2. The molecule has 3 aromatic rings. The van der Waals surface area contributed by atoms with Gasteiger partial charge in [-0.2, -0.15) is 4.31 Å². The molecule has 3 rings (SSSR count). The third-order valence-electron chi connectivity index (χ3n) is 4.22. The van der Waals surface area contributed by atoms with Crippen molar-refractivity contribution in [3.63, 3.8) is 0 Å². The van der Waals surface area contributed by atoms with Crippen molar-refractivity contribution in [1.82, 2.24) is 9.29 Å². The lowest BCUT2D eigenvalue weighted by Crippen LogP contribution is -2.29. The number of para-hydroxylation sites is 1. The number of benzene rings is 2. The fourth-order valence-corrected chi connectivity index (χ4v) is 4.95. The summed E-state index contributed by atoms with van der Waals surface area (Å²) in [5.41, 5.74) is 2.03. The second-order valence-corrected chi connectivity index (χ2v) is 8.77. The normalized spacial score (nSPS) is 13.5. The number of sulfonamides is 1. The zero-order valence-corrected chi connectivity index (χ0v) is 15.6. The summed E-state index contributed by atoms with van der Waals surface area (Å²) in [7, 11) is -1.94. The zero-order chi connectivity index (χ0) is 17.3. The van der Waals surface area contributed by atoms with Crippen molar-refractivity contribution in [2.75, 3.05) is 7.05 Å². The molecule has 0 spiro atoms. The minimum absolute atomic E-state index is 0.315. The van der Waals surface area contributed by atoms with Crippen LogP contribution in [-0.4, -0.2) is 24.8 Å². The number of aryl methyl sites for hydroxylation is 1. The van der Waals surface area contributed by atoms with Gasteiger partial charge in [0.25, 0.3) is 0 Å². The van der Waals surface area contributed by atoms with Crippen LogP contribution in [0.3, 0.4) is 0 Å². The van der Waals surface area contributed by atoms with Gasteiger partial charge in [0.2, 0.25) is 10.0 Å². The molecule has 126 valence electrons. The molecular formula is C18H20N2O2S2. The van der Waals surface area contributed by atoms with Gasteiger partial charge < -0.3 is 0 Å². The van der Waals surface area contributed by atoms with E-state index in [1.165, 1.54) is 15.6 Å². The quantitative estimate of drug-likeness (QED) is 0.684. The fraction of sp³-hybridized carbons (Fsp3) is 0.278. The van der Waals surface area contributed by atoms with E-state index in [4.69, 9.17) is 0 Å². The van der Waals surface area contributed by atoms with Gasteiger partial charge in [-0.1, -0.05) is 31.2 Å². The molecule has 1 aromatic heterocycles. The van der Waals surface area contributed by atoms with Crippen LogP contribution in [-0.2, 0) is 16.4 Å². The lowest BCUT2D eigenvalue weighted by Gasteiger charge is -2.22. The van der Waals surface area contributed by atoms with Gasteiger partial charge in [-0.15, -0.1) is 11.3 Å². The number of aromatic nitrogens is 1. The molecule has 0 saturated carbocycles. The lowest BCUT2D eigenvalue weighted by atomic mass is 10.2. The van der Waals surface area contributed by atoms with Crippen molar-refractivity contribution in [3.05, 3.63) is 59.1 Å². The maximum Gasteiger partial charge on any atom is 0.243 e. The van der Waals surface area contributed by atoms with Crippen LogP contribution >= 0.6 is 11.3 Å². The van der Waals surface area contributed by atoms with Crippen LogP contribution in [0.2, 0.25) is 0 Å². The first-order valence-electron chi connectivity index (χ1n) is 7.86. The smallest absolute Gasteiger partial charge is 0.239 e. The van der Waals surface area contributed by atoms with E-state index in [1.807, 2.05) is 50.2 Å². The van der Waals surface area contributed by atoms with Crippen LogP contribution in [0.15, 0.2) is 53.4 Å². The third kappa shape index (κ3) is 3.09. The van der Waals surface area contributed by atoms with Gasteiger partial charge in [-0.05, 0) is 43.2 Å². The second kappa shape index (κ2) is 6.63. The molecule has 0 bridgehead atoms. The first-order valence-corrected chi connectivity index (χ1v) is 10.1. The summed E-state index contributed by atoms with van der Waals surface area (Å²) < 4.78 is 28.2. The molecule has 0 aliphatic rings. The average Bonchev–Trinajstić information content (AvgIpc) is 3.04. The summed E-state index contributed by atoms with van der Waals surface area (Å²) in [4.78, 5) is 4.90. The van der Waals surface area contributed by atoms with E-state index in [-0.39, 0.29) is 6.04 Å². The molecule has 6 heteroatoms. The van der Waals surface area contributed by atoms with Gasteiger partial charge in [0.05, 0.1) is 21.2 Å². The van der Waals surface area contributed by atoms with E-state index in [1.54, 1.807) is 19.2 Å². The topological polar surface area (TPSA) is 50.3 Å². The van der Waals surface area contributed by atoms with Gasteiger partial charge in [0.1, 0.15) is 5.01 Å². The predicted octanol–water partition coefficient (Wildman–Crippen LogP) is 4.24. The van der Waals surface area contributed by atoms with Crippen molar-refractivity contribution in [2.24, 2.45) is 0 Å². The highest BCUT2D eigenvalue weighted by Gasteiger charge is 2.28.